The van der Waals surface area contributed by atoms with Crippen LogP contribution in [0.3, 0.4) is 0 Å². The Balaban J connectivity index is 2.51. The second kappa shape index (κ2) is 12.1. The average Bonchev–Trinajstić information content (AvgIpc) is 2.97. The monoisotopic (exact) mass is 402 g/mol. The van der Waals surface area contributed by atoms with Crippen molar-refractivity contribution in [3.63, 3.8) is 0 Å². The summed E-state index contributed by atoms with van der Waals surface area (Å²) in [6, 6.07) is 0. The van der Waals surface area contributed by atoms with Gasteiger partial charge in [-0.3, -0.25) is 4.79 Å². The number of aliphatic hydroxyl groups is 2. The number of hydrogen-bond donors (Lipinski definition) is 3. The van der Waals surface area contributed by atoms with Gasteiger partial charge in [-0.1, -0.05) is 44.1 Å². The SMILES string of the molecule is CCCC[C@@H](C/C=C/[C@H]1CCC(=O)[C@@H]1C/C=C\CCC(O)(O)C(=O)O)C(F)F. The molecule has 1 saturated carbocycles. The van der Waals surface area contributed by atoms with E-state index in [1.165, 1.54) is 0 Å². The minimum atomic E-state index is -2.75. The minimum Gasteiger partial charge on any atom is -0.477 e. The highest BCUT2D eigenvalue weighted by Gasteiger charge is 2.33. The third-order valence-electron chi connectivity index (χ3n) is 5.32. The zero-order valence-corrected chi connectivity index (χ0v) is 16.4. The maximum atomic E-state index is 13.1. The number of aliphatic carboxylic acids is 1. The Labute approximate surface area is 165 Å². The lowest BCUT2D eigenvalue weighted by Crippen LogP contribution is -2.37. The third kappa shape index (κ3) is 8.19. The first-order valence-electron chi connectivity index (χ1n) is 9.99. The number of Topliss-reactive ketones (excluding diaryl/α,β-unsaturated/α-hetero) is 1. The summed E-state index contributed by atoms with van der Waals surface area (Å²) in [5, 5.41) is 27.1. The standard InChI is InChI=1S/C21H32F2O5/c1-2-3-8-16(19(22)23)10-7-9-15-12-13-18(24)17(15)11-5-4-6-14-21(27,28)20(25)26/h4-5,7,9,15-17,19,27-28H,2-3,6,8,10-14H2,1H3,(H,25,26)/b5-4-,9-7+/t15-,16-,17+/m0/s1. The van der Waals surface area contributed by atoms with Crippen LogP contribution in [-0.2, 0) is 9.59 Å². The molecule has 1 rings (SSSR count). The molecule has 3 N–H and O–H groups in total. The molecule has 28 heavy (non-hydrogen) atoms. The van der Waals surface area contributed by atoms with Crippen molar-refractivity contribution in [2.24, 2.45) is 17.8 Å². The number of unbranched alkanes of at least 4 members (excludes halogenated alkanes) is 1. The summed E-state index contributed by atoms with van der Waals surface area (Å²) in [6.45, 7) is 1.98. The minimum absolute atomic E-state index is 0.0236. The van der Waals surface area contributed by atoms with Crippen LogP contribution in [0.25, 0.3) is 0 Å². The number of halogens is 2. The molecule has 0 amide bonds. The summed E-state index contributed by atoms with van der Waals surface area (Å²) < 4.78 is 26.1. The summed E-state index contributed by atoms with van der Waals surface area (Å²) in [4.78, 5) is 22.7. The smallest absolute Gasteiger partial charge is 0.364 e. The van der Waals surface area contributed by atoms with Gasteiger partial charge >= 0.3 is 5.97 Å². The second-order valence-corrected chi connectivity index (χ2v) is 7.54. The van der Waals surface area contributed by atoms with Gasteiger partial charge in [0.25, 0.3) is 5.79 Å². The molecular formula is C21H32F2O5. The van der Waals surface area contributed by atoms with Crippen LogP contribution in [0.2, 0.25) is 0 Å². The van der Waals surface area contributed by atoms with Crippen molar-refractivity contribution in [3.8, 4) is 0 Å². The van der Waals surface area contributed by atoms with Crippen LogP contribution in [-0.4, -0.2) is 39.3 Å². The number of carboxylic acids is 1. The summed E-state index contributed by atoms with van der Waals surface area (Å²) >= 11 is 0. The van der Waals surface area contributed by atoms with Crippen LogP contribution in [0.5, 0.6) is 0 Å². The zero-order valence-electron chi connectivity index (χ0n) is 16.4. The summed E-state index contributed by atoms with van der Waals surface area (Å²) in [5.74, 6) is -5.13. The van der Waals surface area contributed by atoms with Crippen molar-refractivity contribution in [2.45, 2.75) is 76.9 Å². The molecule has 0 aromatic heterocycles. The highest BCUT2D eigenvalue weighted by Crippen LogP contribution is 2.33. The Bertz CT molecular complexity index is 557. The van der Waals surface area contributed by atoms with Crippen molar-refractivity contribution >= 4 is 11.8 Å². The van der Waals surface area contributed by atoms with Gasteiger partial charge in [-0.05, 0) is 38.0 Å². The quantitative estimate of drug-likeness (QED) is 0.319. The van der Waals surface area contributed by atoms with Crippen molar-refractivity contribution in [1.82, 2.24) is 0 Å². The number of rotatable bonds is 13. The van der Waals surface area contributed by atoms with Crippen molar-refractivity contribution < 1.29 is 33.7 Å². The number of allylic oxidation sites excluding steroid dienone is 4. The molecule has 5 nitrogen and oxygen atoms in total. The molecule has 1 aliphatic rings. The van der Waals surface area contributed by atoms with Gasteiger partial charge in [-0.25, -0.2) is 13.6 Å². The van der Waals surface area contributed by atoms with Crippen molar-refractivity contribution in [3.05, 3.63) is 24.3 Å². The molecule has 0 heterocycles. The van der Waals surface area contributed by atoms with Gasteiger partial charge in [0.15, 0.2) is 0 Å². The normalized spacial score (nSPS) is 22.0. The largest absolute Gasteiger partial charge is 0.477 e. The van der Waals surface area contributed by atoms with Crippen LogP contribution < -0.4 is 0 Å². The van der Waals surface area contributed by atoms with Gasteiger partial charge in [0.2, 0.25) is 6.43 Å². The van der Waals surface area contributed by atoms with E-state index in [0.29, 0.717) is 32.1 Å². The molecule has 0 aromatic rings. The summed E-state index contributed by atoms with van der Waals surface area (Å²) in [6.07, 6.45) is 8.67. The van der Waals surface area contributed by atoms with Crippen LogP contribution in [0.1, 0.15) is 64.7 Å². The maximum absolute atomic E-state index is 13.1. The summed E-state index contributed by atoms with van der Waals surface area (Å²) in [5.41, 5.74) is 0. The molecule has 160 valence electrons. The Hall–Kier alpha value is -1.60. The lowest BCUT2D eigenvalue weighted by Gasteiger charge is -2.16. The number of hydrogen-bond acceptors (Lipinski definition) is 4. The predicted octanol–water partition coefficient (Wildman–Crippen LogP) is 4.09. The maximum Gasteiger partial charge on any atom is 0.364 e. The number of carbonyl (C=O) groups excluding carboxylic acids is 1. The van der Waals surface area contributed by atoms with Gasteiger partial charge in [-0.2, -0.15) is 0 Å². The van der Waals surface area contributed by atoms with E-state index < -0.39 is 24.1 Å². The van der Waals surface area contributed by atoms with E-state index in [9.17, 15) is 28.6 Å². The predicted molar refractivity (Wildman–Crippen MR) is 102 cm³/mol. The molecule has 0 spiro atoms. The number of carbonyl (C=O) groups is 2. The number of carboxylic acid groups (broad SMARTS) is 1. The van der Waals surface area contributed by atoms with Crippen LogP contribution >= 0.6 is 0 Å². The van der Waals surface area contributed by atoms with E-state index in [4.69, 9.17) is 5.11 Å². The van der Waals surface area contributed by atoms with Gasteiger partial charge in [-0.15, -0.1) is 0 Å². The van der Waals surface area contributed by atoms with E-state index in [2.05, 4.69) is 0 Å². The Morgan fingerprint density at radius 1 is 1.29 bits per heavy atom. The van der Waals surface area contributed by atoms with E-state index in [1.807, 2.05) is 13.0 Å². The van der Waals surface area contributed by atoms with E-state index in [1.54, 1.807) is 18.2 Å². The summed E-state index contributed by atoms with van der Waals surface area (Å²) in [7, 11) is 0. The zero-order chi connectivity index (χ0) is 21.2. The first-order valence-corrected chi connectivity index (χ1v) is 9.99. The first kappa shape index (κ1) is 24.4. The fourth-order valence-electron chi connectivity index (χ4n) is 3.46. The van der Waals surface area contributed by atoms with Crippen LogP contribution in [0.15, 0.2) is 24.3 Å². The fourth-order valence-corrected chi connectivity index (χ4v) is 3.46. The Kier molecular flexibility index (Phi) is 10.5. The third-order valence-corrected chi connectivity index (χ3v) is 5.32. The van der Waals surface area contributed by atoms with E-state index in [-0.39, 0.29) is 30.5 Å². The lowest BCUT2D eigenvalue weighted by molar-refractivity contribution is -0.205. The van der Waals surface area contributed by atoms with Gasteiger partial charge in [0.05, 0.1) is 0 Å². The fraction of sp³-hybridized carbons (Fsp3) is 0.714. The lowest BCUT2D eigenvalue weighted by atomic mass is 9.90. The molecule has 0 saturated heterocycles. The molecule has 0 aromatic carbocycles. The Morgan fingerprint density at radius 3 is 2.61 bits per heavy atom. The van der Waals surface area contributed by atoms with Crippen LogP contribution in [0, 0.1) is 17.8 Å². The second-order valence-electron chi connectivity index (χ2n) is 7.54. The van der Waals surface area contributed by atoms with E-state index >= 15 is 0 Å². The van der Waals surface area contributed by atoms with Gasteiger partial charge < -0.3 is 15.3 Å². The molecule has 0 aliphatic heterocycles. The van der Waals surface area contributed by atoms with Crippen LogP contribution in [0.4, 0.5) is 8.78 Å². The molecule has 3 atom stereocenters. The van der Waals surface area contributed by atoms with E-state index in [0.717, 1.165) is 12.8 Å². The average molecular weight is 402 g/mol. The first-order chi connectivity index (χ1) is 13.2. The van der Waals surface area contributed by atoms with Gasteiger partial charge in [0.1, 0.15) is 5.78 Å². The molecule has 0 bridgehead atoms. The molecule has 7 heteroatoms. The van der Waals surface area contributed by atoms with Crippen molar-refractivity contribution in [2.75, 3.05) is 0 Å². The van der Waals surface area contributed by atoms with Gasteiger partial charge in [0, 0.05) is 24.7 Å². The molecule has 0 unspecified atom stereocenters. The molecule has 0 radical (unpaired) electrons. The topological polar surface area (TPSA) is 94.8 Å². The highest BCUT2D eigenvalue weighted by molar-refractivity contribution is 5.83. The Morgan fingerprint density at radius 2 is 2.00 bits per heavy atom. The number of ketones is 1. The van der Waals surface area contributed by atoms with Crippen molar-refractivity contribution in [1.29, 1.82) is 0 Å². The molecule has 1 fully saturated rings. The molecule has 1 aliphatic carbocycles. The highest BCUT2D eigenvalue weighted by atomic mass is 19.3. The molecular weight excluding hydrogens is 370 g/mol. The number of alkyl halides is 2.